The highest BCUT2D eigenvalue weighted by atomic mass is 16.5. The van der Waals surface area contributed by atoms with Crippen LogP contribution in [0.5, 0.6) is 0 Å². The molecule has 0 aromatic carbocycles. The zero-order valence-corrected chi connectivity index (χ0v) is 12.5. The third-order valence-electron chi connectivity index (χ3n) is 4.50. The highest BCUT2D eigenvalue weighted by Crippen LogP contribution is 2.28. The fourth-order valence-corrected chi connectivity index (χ4v) is 3.27. The predicted octanol–water partition coefficient (Wildman–Crippen LogP) is 2.12. The van der Waals surface area contributed by atoms with Crippen LogP contribution < -0.4 is 5.32 Å². The number of piperazine rings is 1. The zero-order valence-electron chi connectivity index (χ0n) is 12.5. The maximum absolute atomic E-state index is 5.53. The van der Waals surface area contributed by atoms with Gasteiger partial charge in [0.15, 0.2) is 0 Å². The molecule has 0 bridgehead atoms. The molecule has 2 heterocycles. The normalized spacial score (nSPS) is 35.0. The first-order valence-corrected chi connectivity index (χ1v) is 7.56. The van der Waals surface area contributed by atoms with Crippen LogP contribution in [0.3, 0.4) is 0 Å². The Labute approximate surface area is 112 Å². The Balaban J connectivity index is 1.99. The minimum absolute atomic E-state index is 0.352. The minimum Gasteiger partial charge on any atom is -0.381 e. The number of nitrogens with one attached hydrogen (secondary N) is 1. The standard InChI is InChI=1S/C15H30N2O/c1-5-13-10-17(9-12-6-7-18-11-12)14(8-16-13)15(2,3)4/h12-14,16H,5-11H2,1-4H3. The van der Waals surface area contributed by atoms with Gasteiger partial charge in [-0.05, 0) is 24.2 Å². The largest absolute Gasteiger partial charge is 0.381 e. The van der Waals surface area contributed by atoms with Gasteiger partial charge in [-0.1, -0.05) is 27.7 Å². The molecule has 2 saturated heterocycles. The van der Waals surface area contributed by atoms with Crippen molar-refractivity contribution in [3.8, 4) is 0 Å². The molecule has 2 rings (SSSR count). The summed E-state index contributed by atoms with van der Waals surface area (Å²) in [7, 11) is 0. The van der Waals surface area contributed by atoms with Crippen LogP contribution in [0.4, 0.5) is 0 Å². The maximum Gasteiger partial charge on any atom is 0.0507 e. The topological polar surface area (TPSA) is 24.5 Å². The summed E-state index contributed by atoms with van der Waals surface area (Å²) in [6.45, 7) is 14.9. The van der Waals surface area contributed by atoms with E-state index in [9.17, 15) is 0 Å². The summed E-state index contributed by atoms with van der Waals surface area (Å²) in [6, 6.07) is 1.33. The molecule has 3 nitrogen and oxygen atoms in total. The highest BCUT2D eigenvalue weighted by molar-refractivity contribution is 4.93. The van der Waals surface area contributed by atoms with Gasteiger partial charge < -0.3 is 10.1 Å². The third-order valence-corrected chi connectivity index (χ3v) is 4.50. The second-order valence-corrected chi connectivity index (χ2v) is 7.08. The summed E-state index contributed by atoms with van der Waals surface area (Å²) in [5.74, 6) is 0.755. The molecule has 0 spiro atoms. The molecule has 0 amide bonds. The van der Waals surface area contributed by atoms with Gasteiger partial charge in [0, 0.05) is 38.3 Å². The van der Waals surface area contributed by atoms with Gasteiger partial charge in [0.2, 0.25) is 0 Å². The van der Waals surface area contributed by atoms with Gasteiger partial charge in [0.25, 0.3) is 0 Å². The number of hydrogen-bond donors (Lipinski definition) is 1. The maximum atomic E-state index is 5.53. The van der Waals surface area contributed by atoms with E-state index in [2.05, 4.69) is 37.9 Å². The Kier molecular flexibility index (Phi) is 4.68. The van der Waals surface area contributed by atoms with E-state index in [1.54, 1.807) is 0 Å². The fourth-order valence-electron chi connectivity index (χ4n) is 3.27. The Morgan fingerprint density at radius 3 is 2.67 bits per heavy atom. The molecular weight excluding hydrogens is 224 g/mol. The number of hydrogen-bond acceptors (Lipinski definition) is 3. The van der Waals surface area contributed by atoms with Gasteiger partial charge in [-0.3, -0.25) is 4.90 Å². The quantitative estimate of drug-likeness (QED) is 0.835. The Morgan fingerprint density at radius 1 is 1.33 bits per heavy atom. The lowest BCUT2D eigenvalue weighted by Crippen LogP contribution is -2.61. The summed E-state index contributed by atoms with van der Waals surface area (Å²) in [4.78, 5) is 2.73. The SMILES string of the molecule is CCC1CN(CC2CCOC2)C(C(C)(C)C)CN1. The van der Waals surface area contributed by atoms with Gasteiger partial charge in [0.1, 0.15) is 0 Å². The molecule has 1 N–H and O–H groups in total. The smallest absolute Gasteiger partial charge is 0.0507 e. The average Bonchev–Trinajstić information content (AvgIpc) is 2.80. The van der Waals surface area contributed by atoms with Crippen LogP contribution in [-0.4, -0.2) is 49.8 Å². The van der Waals surface area contributed by atoms with E-state index in [1.165, 1.54) is 25.9 Å². The van der Waals surface area contributed by atoms with Crippen LogP contribution >= 0.6 is 0 Å². The van der Waals surface area contributed by atoms with E-state index in [0.29, 0.717) is 17.5 Å². The Hall–Kier alpha value is -0.120. The van der Waals surface area contributed by atoms with Crippen molar-refractivity contribution in [2.45, 2.75) is 52.6 Å². The molecule has 0 aromatic heterocycles. The van der Waals surface area contributed by atoms with Gasteiger partial charge in [-0.25, -0.2) is 0 Å². The second kappa shape index (κ2) is 5.89. The van der Waals surface area contributed by atoms with Crippen LogP contribution in [0.15, 0.2) is 0 Å². The molecule has 3 heteroatoms. The molecule has 0 aliphatic carbocycles. The first-order chi connectivity index (χ1) is 8.50. The molecule has 106 valence electrons. The van der Waals surface area contributed by atoms with Crippen molar-refractivity contribution < 1.29 is 4.74 Å². The van der Waals surface area contributed by atoms with Gasteiger partial charge in [0.05, 0.1) is 6.61 Å². The fraction of sp³-hybridized carbons (Fsp3) is 1.00. The van der Waals surface area contributed by atoms with Crippen LogP contribution in [0, 0.1) is 11.3 Å². The highest BCUT2D eigenvalue weighted by Gasteiger charge is 2.36. The lowest BCUT2D eigenvalue weighted by molar-refractivity contribution is 0.0400. The third kappa shape index (κ3) is 3.46. The van der Waals surface area contributed by atoms with Crippen LogP contribution in [0.2, 0.25) is 0 Å². The van der Waals surface area contributed by atoms with E-state index in [0.717, 1.165) is 25.7 Å². The van der Waals surface area contributed by atoms with Crippen molar-refractivity contribution >= 4 is 0 Å². The Bertz CT molecular complexity index is 256. The van der Waals surface area contributed by atoms with E-state index in [-0.39, 0.29) is 0 Å². The van der Waals surface area contributed by atoms with Crippen molar-refractivity contribution in [1.29, 1.82) is 0 Å². The average molecular weight is 254 g/mol. The van der Waals surface area contributed by atoms with Crippen molar-refractivity contribution in [3.05, 3.63) is 0 Å². The number of rotatable bonds is 3. The lowest BCUT2D eigenvalue weighted by atomic mass is 9.83. The molecular formula is C15H30N2O. The molecule has 3 unspecified atom stereocenters. The van der Waals surface area contributed by atoms with E-state index in [1.807, 2.05) is 0 Å². The van der Waals surface area contributed by atoms with Crippen molar-refractivity contribution in [3.63, 3.8) is 0 Å². The van der Waals surface area contributed by atoms with Gasteiger partial charge in [-0.2, -0.15) is 0 Å². The molecule has 3 atom stereocenters. The Morgan fingerprint density at radius 2 is 2.11 bits per heavy atom. The second-order valence-electron chi connectivity index (χ2n) is 7.08. The van der Waals surface area contributed by atoms with Crippen molar-refractivity contribution in [1.82, 2.24) is 10.2 Å². The first kappa shape index (κ1) is 14.3. The summed E-state index contributed by atoms with van der Waals surface area (Å²) in [6.07, 6.45) is 2.48. The molecule has 18 heavy (non-hydrogen) atoms. The van der Waals surface area contributed by atoms with Crippen LogP contribution in [-0.2, 0) is 4.74 Å². The predicted molar refractivity (Wildman–Crippen MR) is 75.8 cm³/mol. The minimum atomic E-state index is 0.352. The van der Waals surface area contributed by atoms with Crippen LogP contribution in [0.25, 0.3) is 0 Å². The zero-order chi connectivity index (χ0) is 13.2. The molecule has 2 aliphatic heterocycles. The summed E-state index contributed by atoms with van der Waals surface area (Å²) >= 11 is 0. The van der Waals surface area contributed by atoms with Crippen LogP contribution in [0.1, 0.15) is 40.5 Å². The summed E-state index contributed by atoms with van der Waals surface area (Å²) in [5, 5.41) is 3.71. The van der Waals surface area contributed by atoms with Crippen molar-refractivity contribution in [2.75, 3.05) is 32.8 Å². The number of ether oxygens (including phenoxy) is 1. The van der Waals surface area contributed by atoms with Gasteiger partial charge >= 0.3 is 0 Å². The summed E-state index contributed by atoms with van der Waals surface area (Å²) < 4.78 is 5.53. The van der Waals surface area contributed by atoms with Gasteiger partial charge in [-0.15, -0.1) is 0 Å². The van der Waals surface area contributed by atoms with E-state index >= 15 is 0 Å². The molecule has 0 saturated carbocycles. The number of nitrogens with zero attached hydrogens (tertiary/aromatic N) is 1. The monoisotopic (exact) mass is 254 g/mol. The summed E-state index contributed by atoms with van der Waals surface area (Å²) in [5.41, 5.74) is 0.352. The molecule has 0 radical (unpaired) electrons. The van der Waals surface area contributed by atoms with E-state index < -0.39 is 0 Å². The molecule has 0 aromatic rings. The molecule has 2 fully saturated rings. The first-order valence-electron chi connectivity index (χ1n) is 7.56. The van der Waals surface area contributed by atoms with Crippen molar-refractivity contribution in [2.24, 2.45) is 11.3 Å². The lowest BCUT2D eigenvalue weighted by Gasteiger charge is -2.47. The van der Waals surface area contributed by atoms with E-state index in [4.69, 9.17) is 4.74 Å². The molecule has 2 aliphatic rings.